The van der Waals surface area contributed by atoms with Crippen molar-refractivity contribution in [2.75, 3.05) is 7.11 Å². The van der Waals surface area contributed by atoms with Crippen LogP contribution in [-0.2, 0) is 9.53 Å². The molecule has 1 N–H and O–H groups in total. The molecule has 0 bridgehead atoms. The van der Waals surface area contributed by atoms with Gasteiger partial charge in [-0.15, -0.1) is 0 Å². The average molecular weight is 234 g/mol. The van der Waals surface area contributed by atoms with Crippen molar-refractivity contribution in [3.63, 3.8) is 0 Å². The molecule has 0 radical (unpaired) electrons. The summed E-state index contributed by atoms with van der Waals surface area (Å²) in [6, 6.07) is 0. The van der Waals surface area contributed by atoms with Gasteiger partial charge >= 0.3 is 5.97 Å². The summed E-state index contributed by atoms with van der Waals surface area (Å²) in [5, 5.41) is 0. The van der Waals surface area contributed by atoms with E-state index in [0.29, 0.717) is 0 Å². The second-order valence-electron chi connectivity index (χ2n) is 4.71. The van der Waals surface area contributed by atoms with Crippen LogP contribution in [0.2, 0.25) is 0 Å². The Balaban J connectivity index is 2.31. The number of aromatic nitrogens is 2. The highest BCUT2D eigenvalue weighted by molar-refractivity contribution is 5.74. The van der Waals surface area contributed by atoms with E-state index in [0.717, 1.165) is 18.5 Å². The maximum atomic E-state index is 11.8. The Bertz CT molecular complexity index is 434. The monoisotopic (exact) mass is 234 g/mol. The number of carbonyl (C=O) groups excluding carboxylic acids is 1. The van der Waals surface area contributed by atoms with E-state index in [1.165, 1.54) is 18.3 Å². The van der Waals surface area contributed by atoms with Crippen molar-refractivity contribution in [2.24, 2.45) is 5.92 Å². The molecule has 0 aromatic carbocycles. The number of allylic oxidation sites excluding steroid dienone is 2. The summed E-state index contributed by atoms with van der Waals surface area (Å²) < 4.78 is 4.91. The number of nitrogens with one attached hydrogen (secondary N) is 1. The highest BCUT2D eigenvalue weighted by Crippen LogP contribution is 2.40. The highest BCUT2D eigenvalue weighted by atomic mass is 16.5. The third-order valence-electron chi connectivity index (χ3n) is 3.69. The molecule has 0 fully saturated rings. The van der Waals surface area contributed by atoms with Crippen LogP contribution in [-0.4, -0.2) is 23.0 Å². The fourth-order valence-electron chi connectivity index (χ4n) is 2.49. The van der Waals surface area contributed by atoms with Gasteiger partial charge in [0.05, 0.1) is 19.4 Å². The predicted octanol–water partition coefficient (Wildman–Crippen LogP) is 2.41. The fourth-order valence-corrected chi connectivity index (χ4v) is 2.49. The van der Waals surface area contributed by atoms with Crippen molar-refractivity contribution in [2.45, 2.75) is 32.6 Å². The van der Waals surface area contributed by atoms with Crippen molar-refractivity contribution in [1.29, 1.82) is 0 Å². The van der Waals surface area contributed by atoms with Gasteiger partial charge in [0.25, 0.3) is 0 Å². The number of methoxy groups -OCH3 is 1. The lowest BCUT2D eigenvalue weighted by Gasteiger charge is -2.30. The number of ether oxygens (including phenoxy) is 1. The lowest BCUT2D eigenvalue weighted by Crippen LogP contribution is -2.27. The zero-order valence-electron chi connectivity index (χ0n) is 10.5. The number of imidazole rings is 1. The van der Waals surface area contributed by atoms with E-state index in [2.05, 4.69) is 23.8 Å². The first-order valence-corrected chi connectivity index (χ1v) is 5.84. The van der Waals surface area contributed by atoms with Crippen LogP contribution in [0.25, 0.3) is 0 Å². The second-order valence-corrected chi connectivity index (χ2v) is 4.71. The predicted molar refractivity (Wildman–Crippen MR) is 64.4 cm³/mol. The Morgan fingerprint density at radius 2 is 2.12 bits per heavy atom. The molecule has 1 aromatic heterocycles. The summed E-state index contributed by atoms with van der Waals surface area (Å²) in [6.07, 6.45) is 5.13. The Morgan fingerprint density at radius 1 is 1.41 bits per heavy atom. The van der Waals surface area contributed by atoms with Gasteiger partial charge in [0.15, 0.2) is 0 Å². The number of carbonyl (C=O) groups is 1. The minimum absolute atomic E-state index is 0.0934. The number of esters is 1. The van der Waals surface area contributed by atoms with Crippen LogP contribution >= 0.6 is 0 Å². The number of nitrogens with zero attached hydrogens (tertiary/aromatic N) is 1. The van der Waals surface area contributed by atoms with Gasteiger partial charge < -0.3 is 9.72 Å². The Morgan fingerprint density at radius 3 is 2.71 bits per heavy atom. The van der Waals surface area contributed by atoms with Crippen LogP contribution in [0.3, 0.4) is 0 Å². The Hall–Kier alpha value is -1.58. The maximum absolute atomic E-state index is 11.8. The average Bonchev–Trinajstić information content (AvgIpc) is 2.84. The summed E-state index contributed by atoms with van der Waals surface area (Å²) in [6.45, 7) is 4.22. The lowest BCUT2D eigenvalue weighted by atomic mass is 9.75. The molecule has 0 spiro atoms. The summed E-state index contributed by atoms with van der Waals surface area (Å²) >= 11 is 0. The minimum Gasteiger partial charge on any atom is -0.469 e. The lowest BCUT2D eigenvalue weighted by molar-refractivity contribution is -0.146. The van der Waals surface area contributed by atoms with Crippen LogP contribution < -0.4 is 0 Å². The quantitative estimate of drug-likeness (QED) is 0.631. The molecule has 2 rings (SSSR count). The molecule has 17 heavy (non-hydrogen) atoms. The van der Waals surface area contributed by atoms with E-state index >= 15 is 0 Å². The molecule has 0 amide bonds. The number of rotatable bonds is 2. The molecule has 4 nitrogen and oxygen atoms in total. The molecule has 1 aliphatic carbocycles. The first-order valence-electron chi connectivity index (χ1n) is 5.84. The van der Waals surface area contributed by atoms with E-state index in [1.54, 1.807) is 12.5 Å². The van der Waals surface area contributed by atoms with Crippen molar-refractivity contribution in [3.8, 4) is 0 Å². The molecule has 0 aliphatic heterocycles. The summed E-state index contributed by atoms with van der Waals surface area (Å²) in [4.78, 5) is 19.0. The van der Waals surface area contributed by atoms with Gasteiger partial charge in [0, 0.05) is 17.8 Å². The molecule has 92 valence electrons. The van der Waals surface area contributed by atoms with Crippen LogP contribution in [0.1, 0.15) is 38.3 Å². The van der Waals surface area contributed by atoms with Gasteiger partial charge in [-0.2, -0.15) is 0 Å². The smallest absolute Gasteiger partial charge is 0.309 e. The molecular weight excluding hydrogens is 216 g/mol. The van der Waals surface area contributed by atoms with Crippen molar-refractivity contribution >= 4 is 5.97 Å². The Labute approximate surface area is 101 Å². The highest BCUT2D eigenvalue weighted by Gasteiger charge is 2.35. The third kappa shape index (κ3) is 2.25. The van der Waals surface area contributed by atoms with E-state index in [1.807, 2.05) is 0 Å². The van der Waals surface area contributed by atoms with E-state index in [9.17, 15) is 4.79 Å². The summed E-state index contributed by atoms with van der Waals surface area (Å²) in [7, 11) is 1.45. The molecule has 0 unspecified atom stereocenters. The van der Waals surface area contributed by atoms with Gasteiger partial charge in [0.1, 0.15) is 0 Å². The normalized spacial score (nSPS) is 24.9. The molecule has 1 aliphatic rings. The Kier molecular flexibility index (Phi) is 3.31. The second kappa shape index (κ2) is 4.73. The minimum atomic E-state index is -0.128. The molecule has 0 saturated heterocycles. The third-order valence-corrected chi connectivity index (χ3v) is 3.69. The van der Waals surface area contributed by atoms with E-state index in [-0.39, 0.29) is 17.8 Å². The molecule has 4 heteroatoms. The largest absolute Gasteiger partial charge is 0.469 e. The van der Waals surface area contributed by atoms with Gasteiger partial charge in [-0.1, -0.05) is 11.1 Å². The van der Waals surface area contributed by atoms with E-state index in [4.69, 9.17) is 4.74 Å². The van der Waals surface area contributed by atoms with Gasteiger partial charge in [-0.3, -0.25) is 4.79 Å². The number of hydrogen-bond acceptors (Lipinski definition) is 3. The van der Waals surface area contributed by atoms with Crippen LogP contribution in [0, 0.1) is 5.92 Å². The van der Waals surface area contributed by atoms with Crippen LogP contribution in [0.4, 0.5) is 0 Å². The summed E-state index contributed by atoms with van der Waals surface area (Å²) in [5.74, 6) is -0.0609. The van der Waals surface area contributed by atoms with E-state index < -0.39 is 0 Å². The topological polar surface area (TPSA) is 55.0 Å². The van der Waals surface area contributed by atoms with Crippen LogP contribution in [0.15, 0.2) is 23.7 Å². The zero-order chi connectivity index (χ0) is 12.4. The standard InChI is InChI=1S/C13H18N2O2/c1-8-4-10(12-6-14-7-15-12)11(5-9(8)2)13(16)17-3/h6-7,10-11H,4-5H2,1-3H3,(H,14,15)/t10-,11-/m0/s1. The maximum Gasteiger partial charge on any atom is 0.309 e. The number of hydrogen-bond donors (Lipinski definition) is 1. The van der Waals surface area contributed by atoms with Gasteiger partial charge in [-0.05, 0) is 26.7 Å². The van der Waals surface area contributed by atoms with Crippen molar-refractivity contribution in [1.82, 2.24) is 9.97 Å². The van der Waals surface area contributed by atoms with Crippen LogP contribution in [0.5, 0.6) is 0 Å². The summed E-state index contributed by atoms with van der Waals surface area (Å²) in [5.41, 5.74) is 3.69. The fraction of sp³-hybridized carbons (Fsp3) is 0.538. The SMILES string of the molecule is COC(=O)[C@H]1CC(C)=C(C)C[C@@H]1c1cnc[nH]1. The number of aromatic amines is 1. The molecular formula is C13H18N2O2. The molecule has 1 heterocycles. The molecule has 1 aromatic rings. The van der Waals surface area contributed by atoms with Crippen molar-refractivity contribution < 1.29 is 9.53 Å². The van der Waals surface area contributed by atoms with Gasteiger partial charge in [-0.25, -0.2) is 4.98 Å². The first kappa shape index (κ1) is 11.9. The van der Waals surface area contributed by atoms with Crippen molar-refractivity contribution in [3.05, 3.63) is 29.4 Å². The van der Waals surface area contributed by atoms with Gasteiger partial charge in [0.2, 0.25) is 0 Å². The molecule has 0 saturated carbocycles. The number of H-pyrrole nitrogens is 1. The zero-order valence-corrected chi connectivity index (χ0v) is 10.5. The molecule has 2 atom stereocenters. The first-order chi connectivity index (χ1) is 8.13.